The van der Waals surface area contributed by atoms with Crippen molar-refractivity contribution in [3.8, 4) is 0 Å². The van der Waals surface area contributed by atoms with Gasteiger partial charge in [-0.3, -0.25) is 0 Å². The summed E-state index contributed by atoms with van der Waals surface area (Å²) in [5.41, 5.74) is 0. The Bertz CT molecular complexity index is 7.51. The van der Waals surface area contributed by atoms with Gasteiger partial charge in [0.15, 0.2) is 0 Å². The van der Waals surface area contributed by atoms with E-state index in [-0.39, 0.29) is 18.8 Å². The fraction of sp³-hybridized carbons (Fsp3) is 1.00. The number of halogens is 4. The Labute approximate surface area is 36.0 Å². The first kappa shape index (κ1) is 123. The van der Waals surface area contributed by atoms with Crippen molar-refractivity contribution in [3.63, 3.8) is 0 Å². The fourth-order valence-corrected chi connectivity index (χ4v) is 0. The minimum Gasteiger partial charge on any atom is -1.00 e. The van der Waals surface area contributed by atoms with E-state index in [1.807, 2.05) is 6.66 Å². The Hall–Kier alpha value is 0.150. The molecule has 0 aliphatic rings. The lowest BCUT2D eigenvalue weighted by Gasteiger charge is -1.10. The lowest BCUT2D eigenvalue weighted by molar-refractivity contribution is -0.00100. The third-order valence-corrected chi connectivity index (χ3v) is 0. The van der Waals surface area contributed by atoms with E-state index in [1.54, 1.807) is 0 Å². The van der Waals surface area contributed by atoms with E-state index in [0.717, 1.165) is 0 Å². The lowest BCUT2D eigenvalue weighted by atomic mass is 12.0. The number of hydrogen-bond acceptors (Lipinski definition) is 0. The molecule has 1 atom stereocenters. The van der Waals surface area contributed by atoms with Crippen LogP contribution in [0.25, 0.3) is 0 Å². The highest BCUT2D eigenvalue weighted by Crippen LogP contribution is 1.46. The minimum atomic E-state index is 0. The first-order valence-electron chi connectivity index (χ1n) is 0.577. The van der Waals surface area contributed by atoms with Crippen LogP contribution >= 0.6 is 9.24 Å². The zero-order chi connectivity index (χ0) is 2.00. The van der Waals surface area contributed by atoms with E-state index in [0.29, 0.717) is 0 Å². The molecule has 0 heterocycles. The van der Waals surface area contributed by atoms with Crippen LogP contribution in [0.4, 0.5) is 0 Å². The van der Waals surface area contributed by atoms with Crippen molar-refractivity contribution >= 4 is 9.24 Å². The summed E-state index contributed by atoms with van der Waals surface area (Å²) in [6.07, 6.45) is 0. The SMILES string of the molecule is CP.[F-].[F-].[F-].[F-]. The standard InChI is InChI=1S/CH5P.4FH/c1-2;;;;/h2H2,1H3;4*1H/p-4. The Morgan fingerprint density at radius 2 is 0.667 bits per heavy atom. The van der Waals surface area contributed by atoms with Crippen LogP contribution in [0.5, 0.6) is 0 Å². The maximum atomic E-state index is 2.42. The van der Waals surface area contributed by atoms with Gasteiger partial charge >= 0.3 is 0 Å². The smallest absolute Gasteiger partial charge is 0.0500 e. The summed E-state index contributed by atoms with van der Waals surface area (Å²) in [7, 11) is 2.42. The molecular formula is CH5F4P-4. The zero-order valence-corrected chi connectivity index (χ0v) is 4.24. The molecule has 0 amide bonds. The van der Waals surface area contributed by atoms with Crippen molar-refractivity contribution in [2.75, 3.05) is 6.66 Å². The lowest BCUT2D eigenvalue weighted by Crippen LogP contribution is -3.00. The summed E-state index contributed by atoms with van der Waals surface area (Å²) in [5, 5.41) is 0. The average Bonchev–Trinajstić information content (AvgIpc) is 1.00. The molecule has 0 N–H and O–H groups in total. The zero-order valence-electron chi connectivity index (χ0n) is 3.09. The largest absolute Gasteiger partial charge is 1.00 e. The molecule has 0 aromatic rings. The quantitative estimate of drug-likeness (QED) is 0.222. The van der Waals surface area contributed by atoms with E-state index >= 15 is 0 Å². The Morgan fingerprint density at radius 1 is 0.667 bits per heavy atom. The minimum absolute atomic E-state index is 0. The first-order chi connectivity index (χ1) is 1.00. The van der Waals surface area contributed by atoms with Crippen LogP contribution in [-0.4, -0.2) is 6.66 Å². The Balaban J connectivity index is -0.000000000833. The second-order valence-corrected chi connectivity index (χ2v) is 0. The van der Waals surface area contributed by atoms with Crippen molar-refractivity contribution in [1.82, 2.24) is 0 Å². The molecule has 0 bridgehead atoms. The van der Waals surface area contributed by atoms with Gasteiger partial charge in [0.25, 0.3) is 0 Å². The second-order valence-electron chi connectivity index (χ2n) is 0. The average molecular weight is 124 g/mol. The van der Waals surface area contributed by atoms with Gasteiger partial charge in [0.2, 0.25) is 0 Å². The van der Waals surface area contributed by atoms with Crippen molar-refractivity contribution in [1.29, 1.82) is 0 Å². The predicted molar refractivity (Wildman–Crippen MR) is 15.6 cm³/mol. The van der Waals surface area contributed by atoms with Gasteiger partial charge in [-0.1, -0.05) is 6.66 Å². The van der Waals surface area contributed by atoms with Crippen molar-refractivity contribution in [2.24, 2.45) is 0 Å². The molecule has 0 aliphatic carbocycles. The monoisotopic (exact) mass is 124 g/mol. The van der Waals surface area contributed by atoms with Gasteiger partial charge in [-0.2, -0.15) is 0 Å². The molecule has 0 rings (SSSR count). The highest BCUT2D eigenvalue weighted by atomic mass is 31.0. The summed E-state index contributed by atoms with van der Waals surface area (Å²) < 4.78 is 0. The summed E-state index contributed by atoms with van der Waals surface area (Å²) in [4.78, 5) is 0. The summed E-state index contributed by atoms with van der Waals surface area (Å²) in [5.74, 6) is 0. The molecule has 46 valence electrons. The first-order valence-corrected chi connectivity index (χ1v) is 1.73. The Kier molecular flexibility index (Phi) is 81000. The maximum Gasteiger partial charge on any atom is -0.0500 e. The van der Waals surface area contributed by atoms with Gasteiger partial charge in [0.1, 0.15) is 0 Å². The van der Waals surface area contributed by atoms with E-state index in [4.69, 9.17) is 0 Å². The molecule has 0 radical (unpaired) electrons. The van der Waals surface area contributed by atoms with Crippen LogP contribution in [0, 0.1) is 0 Å². The van der Waals surface area contributed by atoms with Gasteiger partial charge in [-0.15, -0.1) is 9.24 Å². The fourth-order valence-electron chi connectivity index (χ4n) is 0. The van der Waals surface area contributed by atoms with E-state index in [2.05, 4.69) is 9.24 Å². The van der Waals surface area contributed by atoms with Gasteiger partial charge in [0, 0.05) is 0 Å². The normalized spacial score (nSPS) is 1.00. The molecule has 0 fully saturated rings. The van der Waals surface area contributed by atoms with E-state index in [9.17, 15) is 0 Å². The van der Waals surface area contributed by atoms with Crippen LogP contribution in [-0.2, 0) is 0 Å². The summed E-state index contributed by atoms with van der Waals surface area (Å²) in [6, 6.07) is 0. The second kappa shape index (κ2) is 3940. The van der Waals surface area contributed by atoms with Crippen LogP contribution < -0.4 is 18.8 Å². The van der Waals surface area contributed by atoms with Crippen molar-refractivity contribution < 1.29 is 18.8 Å². The molecule has 0 aromatic heterocycles. The third kappa shape index (κ3) is 1830. The molecular weight excluding hydrogens is 119 g/mol. The number of hydrogen-bond donors (Lipinski definition) is 0. The molecule has 0 saturated carbocycles. The van der Waals surface area contributed by atoms with Crippen LogP contribution in [0.2, 0.25) is 0 Å². The maximum absolute atomic E-state index is 2.42. The molecule has 6 heavy (non-hydrogen) atoms. The topological polar surface area (TPSA) is 0 Å². The molecule has 0 aromatic carbocycles. The van der Waals surface area contributed by atoms with E-state index < -0.39 is 0 Å². The predicted octanol–water partition coefficient (Wildman–Crippen LogP) is -11.5. The molecule has 0 saturated heterocycles. The highest BCUT2D eigenvalue weighted by Gasteiger charge is 0.906. The van der Waals surface area contributed by atoms with E-state index in [1.165, 1.54) is 0 Å². The Morgan fingerprint density at radius 3 is 0.667 bits per heavy atom. The molecule has 5 heteroatoms. The van der Waals surface area contributed by atoms with Gasteiger partial charge in [-0.25, -0.2) is 0 Å². The summed E-state index contributed by atoms with van der Waals surface area (Å²) >= 11 is 0. The van der Waals surface area contributed by atoms with Gasteiger partial charge in [0.05, 0.1) is 0 Å². The molecule has 0 spiro atoms. The van der Waals surface area contributed by atoms with Crippen molar-refractivity contribution in [2.45, 2.75) is 0 Å². The summed E-state index contributed by atoms with van der Waals surface area (Å²) in [6.45, 7) is 1.92. The highest BCUT2D eigenvalue weighted by molar-refractivity contribution is 7.15. The van der Waals surface area contributed by atoms with Crippen LogP contribution in [0.1, 0.15) is 0 Å². The molecule has 1 unspecified atom stereocenters. The van der Waals surface area contributed by atoms with Gasteiger partial charge in [-0.05, 0) is 0 Å². The molecule has 0 nitrogen and oxygen atoms in total. The van der Waals surface area contributed by atoms with Crippen LogP contribution in [0.15, 0.2) is 0 Å². The number of rotatable bonds is 0. The van der Waals surface area contributed by atoms with Gasteiger partial charge < -0.3 is 18.8 Å². The van der Waals surface area contributed by atoms with Crippen molar-refractivity contribution in [3.05, 3.63) is 0 Å². The molecule has 0 aliphatic heterocycles. The third-order valence-electron chi connectivity index (χ3n) is 0. The van der Waals surface area contributed by atoms with Crippen LogP contribution in [0.3, 0.4) is 0 Å².